The molecule has 0 radical (unpaired) electrons. The van der Waals surface area contributed by atoms with E-state index in [2.05, 4.69) is 12.6 Å². The zero-order valence-electron chi connectivity index (χ0n) is 5.66. The molecular formula is C7H5F3S. The van der Waals surface area contributed by atoms with Crippen LogP contribution in [0.4, 0.5) is 13.2 Å². The molecule has 0 unspecified atom stereocenters. The molecule has 0 fully saturated rings. The van der Waals surface area contributed by atoms with Crippen molar-refractivity contribution in [3.8, 4) is 0 Å². The minimum absolute atomic E-state index is 0.0499. The SMILES string of the molecule is Cc1cc(F)c(F)c(S)c1F. The topological polar surface area (TPSA) is 0 Å². The second-order valence-corrected chi connectivity index (χ2v) is 2.60. The van der Waals surface area contributed by atoms with Crippen molar-refractivity contribution in [1.82, 2.24) is 0 Å². The summed E-state index contributed by atoms with van der Waals surface area (Å²) >= 11 is 3.46. The van der Waals surface area contributed by atoms with Gasteiger partial charge in [-0.15, -0.1) is 12.6 Å². The van der Waals surface area contributed by atoms with E-state index in [4.69, 9.17) is 0 Å². The Morgan fingerprint density at radius 3 is 2.27 bits per heavy atom. The van der Waals surface area contributed by atoms with E-state index < -0.39 is 22.3 Å². The number of aryl methyl sites for hydroxylation is 1. The minimum atomic E-state index is -1.24. The van der Waals surface area contributed by atoms with E-state index in [-0.39, 0.29) is 5.56 Å². The molecule has 1 aromatic rings. The molecule has 1 aromatic carbocycles. The quantitative estimate of drug-likeness (QED) is 0.458. The highest BCUT2D eigenvalue weighted by atomic mass is 32.1. The van der Waals surface area contributed by atoms with Crippen molar-refractivity contribution in [1.29, 1.82) is 0 Å². The van der Waals surface area contributed by atoms with Crippen LogP contribution in [0.1, 0.15) is 5.56 Å². The van der Waals surface area contributed by atoms with Crippen molar-refractivity contribution in [3.63, 3.8) is 0 Å². The fourth-order valence-corrected chi connectivity index (χ4v) is 0.996. The highest BCUT2D eigenvalue weighted by Crippen LogP contribution is 2.22. The fourth-order valence-electron chi connectivity index (χ4n) is 0.713. The lowest BCUT2D eigenvalue weighted by atomic mass is 10.2. The maximum Gasteiger partial charge on any atom is 0.175 e. The highest BCUT2D eigenvalue weighted by molar-refractivity contribution is 7.80. The number of benzene rings is 1. The van der Waals surface area contributed by atoms with E-state index >= 15 is 0 Å². The van der Waals surface area contributed by atoms with Crippen LogP contribution >= 0.6 is 12.6 Å². The molecule has 0 bridgehead atoms. The van der Waals surface area contributed by atoms with Gasteiger partial charge in [0.2, 0.25) is 0 Å². The van der Waals surface area contributed by atoms with Crippen molar-refractivity contribution in [3.05, 3.63) is 29.1 Å². The molecule has 0 aliphatic heterocycles. The Labute approximate surface area is 67.4 Å². The maximum atomic E-state index is 12.7. The van der Waals surface area contributed by atoms with Crippen LogP contribution in [0, 0.1) is 24.4 Å². The number of hydrogen-bond donors (Lipinski definition) is 1. The number of hydrogen-bond acceptors (Lipinski definition) is 1. The third kappa shape index (κ3) is 1.35. The summed E-state index contributed by atoms with van der Waals surface area (Å²) in [6, 6.07) is 0.796. The molecule has 0 aliphatic rings. The lowest BCUT2D eigenvalue weighted by Crippen LogP contribution is -1.93. The van der Waals surface area contributed by atoms with Gasteiger partial charge in [-0.2, -0.15) is 0 Å². The summed E-state index contributed by atoms with van der Waals surface area (Å²) in [4.78, 5) is -0.567. The Bertz CT molecular complexity index is 270. The van der Waals surface area contributed by atoms with Crippen LogP contribution in [0.25, 0.3) is 0 Å². The second-order valence-electron chi connectivity index (χ2n) is 2.15. The standard InChI is InChI=1S/C7H5F3S/c1-3-2-4(8)6(10)7(11)5(3)9/h2,11H,1H3. The van der Waals surface area contributed by atoms with Gasteiger partial charge in [-0.3, -0.25) is 0 Å². The van der Waals surface area contributed by atoms with Gasteiger partial charge in [0.1, 0.15) is 5.82 Å². The van der Waals surface area contributed by atoms with Gasteiger partial charge in [0, 0.05) is 0 Å². The lowest BCUT2D eigenvalue weighted by Gasteiger charge is -2.01. The Morgan fingerprint density at radius 2 is 1.73 bits per heavy atom. The monoisotopic (exact) mass is 178 g/mol. The summed E-state index contributed by atoms with van der Waals surface area (Å²) in [6.45, 7) is 1.34. The van der Waals surface area contributed by atoms with Crippen LogP contribution in [0.5, 0.6) is 0 Å². The number of halogens is 3. The summed E-state index contributed by atoms with van der Waals surface area (Å²) in [5.41, 5.74) is 0.0499. The van der Waals surface area contributed by atoms with Gasteiger partial charge in [0.15, 0.2) is 11.6 Å². The first-order valence-electron chi connectivity index (χ1n) is 2.87. The molecule has 0 aliphatic carbocycles. The molecule has 0 N–H and O–H groups in total. The molecule has 0 amide bonds. The molecule has 0 atom stereocenters. The van der Waals surface area contributed by atoms with Crippen LogP contribution in [-0.2, 0) is 0 Å². The third-order valence-corrected chi connectivity index (χ3v) is 1.71. The number of thiol groups is 1. The zero-order chi connectivity index (χ0) is 8.59. The molecule has 0 heterocycles. The largest absolute Gasteiger partial charge is 0.205 e. The molecule has 0 saturated heterocycles. The van der Waals surface area contributed by atoms with E-state index in [1.807, 2.05) is 0 Å². The Hall–Kier alpha value is -0.640. The van der Waals surface area contributed by atoms with Crippen molar-refractivity contribution < 1.29 is 13.2 Å². The van der Waals surface area contributed by atoms with Crippen LogP contribution in [0.3, 0.4) is 0 Å². The van der Waals surface area contributed by atoms with Gasteiger partial charge >= 0.3 is 0 Å². The van der Waals surface area contributed by atoms with Gasteiger partial charge in [-0.25, -0.2) is 13.2 Å². The minimum Gasteiger partial charge on any atom is -0.205 e. The first kappa shape index (κ1) is 8.46. The summed E-state index contributed by atoms with van der Waals surface area (Å²) in [5, 5.41) is 0. The van der Waals surface area contributed by atoms with E-state index in [1.54, 1.807) is 0 Å². The van der Waals surface area contributed by atoms with E-state index in [1.165, 1.54) is 6.92 Å². The van der Waals surface area contributed by atoms with Crippen LogP contribution in [0.2, 0.25) is 0 Å². The molecule has 0 nitrogen and oxygen atoms in total. The van der Waals surface area contributed by atoms with E-state index in [0.29, 0.717) is 0 Å². The molecule has 60 valence electrons. The lowest BCUT2D eigenvalue weighted by molar-refractivity contribution is 0.464. The van der Waals surface area contributed by atoms with Crippen LogP contribution in [-0.4, -0.2) is 0 Å². The average Bonchev–Trinajstić information content (AvgIpc) is 1.97. The molecule has 0 saturated carbocycles. The van der Waals surface area contributed by atoms with Crippen molar-refractivity contribution in [2.24, 2.45) is 0 Å². The van der Waals surface area contributed by atoms with Gasteiger partial charge in [-0.05, 0) is 18.6 Å². The molecule has 1 rings (SSSR count). The van der Waals surface area contributed by atoms with E-state index in [9.17, 15) is 13.2 Å². The van der Waals surface area contributed by atoms with E-state index in [0.717, 1.165) is 6.07 Å². The molecule has 4 heteroatoms. The third-order valence-electron chi connectivity index (χ3n) is 1.31. The predicted molar refractivity (Wildman–Crippen MR) is 38.3 cm³/mol. The molecule has 11 heavy (non-hydrogen) atoms. The highest BCUT2D eigenvalue weighted by Gasteiger charge is 2.12. The Kier molecular flexibility index (Phi) is 2.13. The Morgan fingerprint density at radius 1 is 1.18 bits per heavy atom. The van der Waals surface area contributed by atoms with Crippen LogP contribution in [0.15, 0.2) is 11.0 Å². The van der Waals surface area contributed by atoms with Crippen molar-refractivity contribution in [2.45, 2.75) is 11.8 Å². The smallest absolute Gasteiger partial charge is 0.175 e. The Balaban J connectivity index is 3.46. The summed E-state index contributed by atoms with van der Waals surface area (Å²) in [7, 11) is 0. The molecule has 0 spiro atoms. The molecule has 0 aromatic heterocycles. The molecular weight excluding hydrogens is 173 g/mol. The maximum absolute atomic E-state index is 12.7. The fraction of sp³-hybridized carbons (Fsp3) is 0.143. The first-order chi connectivity index (χ1) is 5.04. The van der Waals surface area contributed by atoms with Crippen molar-refractivity contribution >= 4 is 12.6 Å². The van der Waals surface area contributed by atoms with Gasteiger partial charge in [-0.1, -0.05) is 0 Å². The van der Waals surface area contributed by atoms with Gasteiger partial charge in [0.25, 0.3) is 0 Å². The zero-order valence-corrected chi connectivity index (χ0v) is 6.55. The number of rotatable bonds is 0. The summed E-state index contributed by atoms with van der Waals surface area (Å²) in [6.07, 6.45) is 0. The van der Waals surface area contributed by atoms with Gasteiger partial charge in [0.05, 0.1) is 4.90 Å². The summed E-state index contributed by atoms with van der Waals surface area (Å²) in [5.74, 6) is -3.13. The normalized spacial score (nSPS) is 10.3. The van der Waals surface area contributed by atoms with Gasteiger partial charge < -0.3 is 0 Å². The van der Waals surface area contributed by atoms with Crippen LogP contribution < -0.4 is 0 Å². The average molecular weight is 178 g/mol. The van der Waals surface area contributed by atoms with Crippen molar-refractivity contribution in [2.75, 3.05) is 0 Å². The second kappa shape index (κ2) is 2.77. The first-order valence-corrected chi connectivity index (χ1v) is 3.32. The predicted octanol–water partition coefficient (Wildman–Crippen LogP) is 2.70. The summed E-state index contributed by atoms with van der Waals surface area (Å²) < 4.78 is 37.6.